The molecule has 0 spiro atoms. The van der Waals surface area contributed by atoms with Gasteiger partial charge in [0.15, 0.2) is 0 Å². The Kier molecular flexibility index (Phi) is 4.77. The third-order valence-corrected chi connectivity index (χ3v) is 4.79. The van der Waals surface area contributed by atoms with E-state index in [1.807, 2.05) is 30.3 Å². The van der Waals surface area contributed by atoms with Gasteiger partial charge in [-0.3, -0.25) is 9.71 Å². The number of aromatic nitrogens is 1. The average Bonchev–Trinajstić information content (AvgIpc) is 2.62. The lowest BCUT2D eigenvalue weighted by Gasteiger charge is -2.10. The number of rotatable bonds is 6. The van der Waals surface area contributed by atoms with E-state index in [1.54, 1.807) is 48.7 Å². The standard InChI is InChI=1S/C18H17N3O2S/c22-24(23,18-7-2-1-3-8-18)21-16-11-9-15(10-12-16)20-14-17-6-4-5-13-19-17/h1-13,20-21H,14H2. The Hall–Kier alpha value is -2.86. The molecule has 0 aliphatic heterocycles. The molecule has 0 amide bonds. The van der Waals surface area contributed by atoms with Crippen molar-refractivity contribution in [1.29, 1.82) is 0 Å². The van der Waals surface area contributed by atoms with Crippen LogP contribution in [0, 0.1) is 0 Å². The fourth-order valence-electron chi connectivity index (χ4n) is 2.17. The first kappa shape index (κ1) is 16.0. The first-order chi connectivity index (χ1) is 11.6. The molecule has 2 N–H and O–H groups in total. The first-order valence-corrected chi connectivity index (χ1v) is 8.93. The van der Waals surface area contributed by atoms with Crippen LogP contribution in [0.25, 0.3) is 0 Å². The molecule has 0 atom stereocenters. The van der Waals surface area contributed by atoms with Crippen molar-refractivity contribution in [2.45, 2.75) is 11.4 Å². The van der Waals surface area contributed by atoms with Gasteiger partial charge in [-0.2, -0.15) is 0 Å². The molecule has 0 fully saturated rings. The van der Waals surface area contributed by atoms with Crippen molar-refractivity contribution in [1.82, 2.24) is 4.98 Å². The van der Waals surface area contributed by atoms with Crippen LogP contribution < -0.4 is 10.0 Å². The summed E-state index contributed by atoms with van der Waals surface area (Å²) in [5.74, 6) is 0. The van der Waals surface area contributed by atoms with Crippen molar-refractivity contribution in [2.75, 3.05) is 10.0 Å². The number of sulfonamides is 1. The topological polar surface area (TPSA) is 71.1 Å². The summed E-state index contributed by atoms with van der Waals surface area (Å²) in [7, 11) is -3.56. The van der Waals surface area contributed by atoms with Crippen LogP contribution in [-0.2, 0) is 16.6 Å². The van der Waals surface area contributed by atoms with Crippen LogP contribution in [0.5, 0.6) is 0 Å². The summed E-state index contributed by atoms with van der Waals surface area (Å²) >= 11 is 0. The highest BCUT2D eigenvalue weighted by atomic mass is 32.2. The number of nitrogens with one attached hydrogen (secondary N) is 2. The third kappa shape index (κ3) is 4.11. The maximum atomic E-state index is 12.3. The van der Waals surface area contributed by atoms with Gasteiger partial charge in [0.1, 0.15) is 0 Å². The Balaban J connectivity index is 1.64. The molecule has 3 rings (SSSR count). The van der Waals surface area contributed by atoms with Crippen LogP contribution in [0.15, 0.2) is 83.9 Å². The van der Waals surface area contributed by atoms with E-state index in [4.69, 9.17) is 0 Å². The van der Waals surface area contributed by atoms with E-state index < -0.39 is 10.0 Å². The highest BCUT2D eigenvalue weighted by Gasteiger charge is 2.13. The quantitative estimate of drug-likeness (QED) is 0.721. The van der Waals surface area contributed by atoms with Crippen molar-refractivity contribution >= 4 is 21.4 Å². The van der Waals surface area contributed by atoms with Gasteiger partial charge in [0.25, 0.3) is 10.0 Å². The van der Waals surface area contributed by atoms with Crippen molar-refractivity contribution in [2.24, 2.45) is 0 Å². The van der Waals surface area contributed by atoms with E-state index in [2.05, 4.69) is 15.0 Å². The van der Waals surface area contributed by atoms with Gasteiger partial charge < -0.3 is 5.32 Å². The van der Waals surface area contributed by atoms with Crippen molar-refractivity contribution in [3.8, 4) is 0 Å². The second kappa shape index (κ2) is 7.14. The molecule has 0 radical (unpaired) electrons. The molecular formula is C18H17N3O2S. The Morgan fingerprint density at radius 2 is 1.46 bits per heavy atom. The minimum atomic E-state index is -3.56. The molecule has 3 aromatic rings. The highest BCUT2D eigenvalue weighted by Crippen LogP contribution is 2.18. The Morgan fingerprint density at radius 3 is 2.12 bits per heavy atom. The molecule has 122 valence electrons. The Morgan fingerprint density at radius 1 is 0.792 bits per heavy atom. The second-order valence-electron chi connectivity index (χ2n) is 5.17. The lowest BCUT2D eigenvalue weighted by atomic mass is 10.3. The molecule has 0 saturated heterocycles. The average molecular weight is 339 g/mol. The Bertz CT molecular complexity index is 881. The summed E-state index contributed by atoms with van der Waals surface area (Å²) in [5.41, 5.74) is 2.34. The maximum absolute atomic E-state index is 12.3. The third-order valence-electron chi connectivity index (χ3n) is 3.39. The van der Waals surface area contributed by atoms with Crippen LogP contribution in [0.2, 0.25) is 0 Å². The van der Waals surface area contributed by atoms with Gasteiger partial charge in [-0.25, -0.2) is 8.42 Å². The largest absolute Gasteiger partial charge is 0.379 e. The molecule has 0 unspecified atom stereocenters. The molecule has 6 heteroatoms. The van der Waals surface area contributed by atoms with Crippen LogP contribution >= 0.6 is 0 Å². The molecule has 2 aromatic carbocycles. The van der Waals surface area contributed by atoms with Crippen LogP contribution in [0.1, 0.15) is 5.69 Å². The normalized spacial score (nSPS) is 11.0. The minimum Gasteiger partial charge on any atom is -0.379 e. The van der Waals surface area contributed by atoms with E-state index in [0.717, 1.165) is 11.4 Å². The van der Waals surface area contributed by atoms with Gasteiger partial charge in [0.2, 0.25) is 0 Å². The lowest BCUT2D eigenvalue weighted by Crippen LogP contribution is -2.12. The monoisotopic (exact) mass is 339 g/mol. The predicted octanol–water partition coefficient (Wildman–Crippen LogP) is 3.49. The van der Waals surface area contributed by atoms with Gasteiger partial charge in [0.05, 0.1) is 17.1 Å². The number of pyridine rings is 1. The SMILES string of the molecule is O=S(=O)(Nc1ccc(NCc2ccccn2)cc1)c1ccccc1. The smallest absolute Gasteiger partial charge is 0.261 e. The molecule has 1 aromatic heterocycles. The zero-order chi connectivity index (χ0) is 16.8. The summed E-state index contributed by atoms with van der Waals surface area (Å²) in [4.78, 5) is 4.48. The van der Waals surface area contributed by atoms with E-state index in [1.165, 1.54) is 0 Å². The van der Waals surface area contributed by atoms with Crippen LogP contribution in [-0.4, -0.2) is 13.4 Å². The van der Waals surface area contributed by atoms with Crippen molar-refractivity contribution < 1.29 is 8.42 Å². The number of benzene rings is 2. The zero-order valence-corrected chi connectivity index (χ0v) is 13.7. The highest BCUT2D eigenvalue weighted by molar-refractivity contribution is 7.92. The van der Waals surface area contributed by atoms with Gasteiger partial charge in [-0.1, -0.05) is 24.3 Å². The molecular weight excluding hydrogens is 322 g/mol. The van der Waals surface area contributed by atoms with Gasteiger partial charge in [-0.15, -0.1) is 0 Å². The number of hydrogen-bond acceptors (Lipinski definition) is 4. The molecule has 0 saturated carbocycles. The molecule has 0 bridgehead atoms. The summed E-state index contributed by atoms with van der Waals surface area (Å²) in [6.07, 6.45) is 1.75. The van der Waals surface area contributed by atoms with Gasteiger partial charge >= 0.3 is 0 Å². The fourth-order valence-corrected chi connectivity index (χ4v) is 3.24. The van der Waals surface area contributed by atoms with E-state index in [9.17, 15) is 8.42 Å². The molecule has 1 heterocycles. The minimum absolute atomic E-state index is 0.238. The predicted molar refractivity (Wildman–Crippen MR) is 95.3 cm³/mol. The maximum Gasteiger partial charge on any atom is 0.261 e. The lowest BCUT2D eigenvalue weighted by molar-refractivity contribution is 0.601. The molecule has 24 heavy (non-hydrogen) atoms. The second-order valence-corrected chi connectivity index (χ2v) is 6.85. The van der Waals surface area contributed by atoms with Crippen molar-refractivity contribution in [3.63, 3.8) is 0 Å². The molecule has 0 aliphatic carbocycles. The van der Waals surface area contributed by atoms with Gasteiger partial charge in [-0.05, 0) is 48.5 Å². The number of nitrogens with zero attached hydrogens (tertiary/aromatic N) is 1. The summed E-state index contributed by atoms with van der Waals surface area (Å²) < 4.78 is 27.1. The fraction of sp³-hybridized carbons (Fsp3) is 0.0556. The number of anilines is 2. The molecule has 5 nitrogen and oxygen atoms in total. The zero-order valence-electron chi connectivity index (χ0n) is 12.9. The molecule has 0 aliphatic rings. The van der Waals surface area contributed by atoms with Crippen LogP contribution in [0.3, 0.4) is 0 Å². The van der Waals surface area contributed by atoms with Crippen molar-refractivity contribution in [3.05, 3.63) is 84.7 Å². The first-order valence-electron chi connectivity index (χ1n) is 7.45. The summed E-state index contributed by atoms with van der Waals surface area (Å²) in [6, 6.07) is 21.1. The van der Waals surface area contributed by atoms with Gasteiger partial charge in [0, 0.05) is 17.6 Å². The summed E-state index contributed by atoms with van der Waals surface area (Å²) in [6.45, 7) is 0.607. The number of hydrogen-bond donors (Lipinski definition) is 2. The Labute approximate surface area is 141 Å². The van der Waals surface area contributed by atoms with E-state index in [-0.39, 0.29) is 4.90 Å². The van der Waals surface area contributed by atoms with E-state index >= 15 is 0 Å². The van der Waals surface area contributed by atoms with Crippen LogP contribution in [0.4, 0.5) is 11.4 Å². The summed E-state index contributed by atoms with van der Waals surface area (Å²) in [5, 5.41) is 3.24. The van der Waals surface area contributed by atoms with E-state index in [0.29, 0.717) is 12.2 Å².